The summed E-state index contributed by atoms with van der Waals surface area (Å²) < 4.78 is 24.2. The number of hydrogen-bond acceptors (Lipinski definition) is 5. The number of benzene rings is 1. The van der Waals surface area contributed by atoms with Crippen LogP contribution in [-0.2, 0) is 4.74 Å². The van der Waals surface area contributed by atoms with Gasteiger partial charge in [-0.25, -0.2) is 4.39 Å². The fraction of sp³-hybridized carbons (Fsp3) is 0.571. The molecular weight excluding hydrogens is 279 g/mol. The van der Waals surface area contributed by atoms with Crippen molar-refractivity contribution in [1.82, 2.24) is 5.32 Å². The van der Waals surface area contributed by atoms with Crippen molar-refractivity contribution < 1.29 is 18.8 Å². The molecule has 1 aliphatic carbocycles. The summed E-state index contributed by atoms with van der Waals surface area (Å²) in [5.41, 5.74) is -0.240. The summed E-state index contributed by atoms with van der Waals surface area (Å²) in [7, 11) is 1.57. The first-order valence-electron chi connectivity index (χ1n) is 6.93. The Hall–Kier alpha value is -1.73. The average molecular weight is 298 g/mol. The van der Waals surface area contributed by atoms with E-state index in [2.05, 4.69) is 12.2 Å². The van der Waals surface area contributed by atoms with E-state index >= 15 is 0 Å². The number of rotatable bonds is 7. The van der Waals surface area contributed by atoms with Gasteiger partial charge in [0.1, 0.15) is 18.0 Å². The van der Waals surface area contributed by atoms with Crippen molar-refractivity contribution in [2.75, 3.05) is 13.7 Å². The molecule has 21 heavy (non-hydrogen) atoms. The van der Waals surface area contributed by atoms with Crippen molar-refractivity contribution in [2.24, 2.45) is 0 Å². The number of nitro benzene ring substituents is 1. The maximum atomic E-state index is 13.3. The molecule has 0 spiro atoms. The predicted molar refractivity (Wildman–Crippen MR) is 75.0 cm³/mol. The minimum Gasteiger partial charge on any atom is -0.481 e. The van der Waals surface area contributed by atoms with E-state index in [9.17, 15) is 14.5 Å². The molecule has 0 bridgehead atoms. The number of methoxy groups -OCH3 is 1. The van der Waals surface area contributed by atoms with Gasteiger partial charge in [0.25, 0.3) is 0 Å². The zero-order valence-corrected chi connectivity index (χ0v) is 12.0. The lowest BCUT2D eigenvalue weighted by Gasteiger charge is -2.43. The molecule has 3 unspecified atom stereocenters. The number of nitrogens with one attached hydrogen (secondary N) is 1. The first-order chi connectivity index (χ1) is 10.1. The number of ether oxygens (including phenoxy) is 2. The molecule has 116 valence electrons. The van der Waals surface area contributed by atoms with Gasteiger partial charge in [-0.05, 0) is 19.0 Å². The highest BCUT2D eigenvalue weighted by atomic mass is 19.1. The third kappa shape index (κ3) is 3.48. The van der Waals surface area contributed by atoms with Gasteiger partial charge in [-0.2, -0.15) is 0 Å². The van der Waals surface area contributed by atoms with Crippen molar-refractivity contribution in [2.45, 2.75) is 38.0 Å². The maximum absolute atomic E-state index is 13.3. The fourth-order valence-electron chi connectivity index (χ4n) is 2.44. The lowest BCUT2D eigenvalue weighted by Crippen LogP contribution is -2.61. The van der Waals surface area contributed by atoms with Gasteiger partial charge in [-0.3, -0.25) is 10.1 Å². The summed E-state index contributed by atoms with van der Waals surface area (Å²) in [6.45, 7) is 2.94. The van der Waals surface area contributed by atoms with Crippen LogP contribution in [0, 0.1) is 15.9 Å². The van der Waals surface area contributed by atoms with Crippen LogP contribution in [0.5, 0.6) is 5.75 Å². The molecule has 1 saturated carbocycles. The van der Waals surface area contributed by atoms with E-state index in [4.69, 9.17) is 9.47 Å². The fourth-order valence-corrected chi connectivity index (χ4v) is 2.44. The van der Waals surface area contributed by atoms with E-state index in [1.807, 2.05) is 0 Å². The molecule has 2 rings (SSSR count). The Balaban J connectivity index is 2.05. The Labute approximate surface area is 122 Å². The lowest BCUT2D eigenvalue weighted by molar-refractivity contribution is -0.386. The number of nitro groups is 1. The second kappa shape index (κ2) is 6.82. The normalized spacial score (nSPS) is 24.4. The minimum absolute atomic E-state index is 0.0546. The molecule has 0 heterocycles. The van der Waals surface area contributed by atoms with Crippen molar-refractivity contribution in [3.8, 4) is 5.75 Å². The molecule has 0 aromatic heterocycles. The smallest absolute Gasteiger partial charge is 0.311 e. The molecule has 1 aromatic rings. The third-order valence-electron chi connectivity index (χ3n) is 3.57. The van der Waals surface area contributed by atoms with Crippen LogP contribution < -0.4 is 10.1 Å². The largest absolute Gasteiger partial charge is 0.481 e. The van der Waals surface area contributed by atoms with E-state index in [-0.39, 0.29) is 29.7 Å². The Morgan fingerprint density at radius 1 is 1.52 bits per heavy atom. The van der Waals surface area contributed by atoms with Crippen LogP contribution in [0.3, 0.4) is 0 Å². The van der Waals surface area contributed by atoms with Crippen molar-refractivity contribution in [1.29, 1.82) is 0 Å². The van der Waals surface area contributed by atoms with E-state index in [1.165, 1.54) is 0 Å². The van der Waals surface area contributed by atoms with Gasteiger partial charge >= 0.3 is 5.69 Å². The number of halogens is 1. The molecule has 0 radical (unpaired) electrons. The zero-order valence-electron chi connectivity index (χ0n) is 12.0. The molecule has 1 N–H and O–H groups in total. The summed E-state index contributed by atoms with van der Waals surface area (Å²) in [6.07, 6.45) is 1.17. The Morgan fingerprint density at radius 3 is 2.90 bits per heavy atom. The van der Waals surface area contributed by atoms with Crippen LogP contribution in [0.4, 0.5) is 10.1 Å². The minimum atomic E-state index is -0.581. The van der Waals surface area contributed by atoms with Crippen LogP contribution >= 0.6 is 0 Å². The first-order valence-corrected chi connectivity index (χ1v) is 6.93. The summed E-state index contributed by atoms with van der Waals surface area (Å²) in [6, 6.07) is 3.36. The molecule has 0 saturated heterocycles. The molecule has 1 aromatic carbocycles. The lowest BCUT2D eigenvalue weighted by atomic mass is 9.85. The van der Waals surface area contributed by atoms with E-state index < -0.39 is 10.7 Å². The summed E-state index contributed by atoms with van der Waals surface area (Å²) in [5, 5.41) is 14.3. The van der Waals surface area contributed by atoms with Crippen LogP contribution in [0.15, 0.2) is 18.2 Å². The standard InChI is InChI=1S/C14H19FN2O4/c1-3-6-16-10-8-13(14(10)20-2)21-12-7-9(15)4-5-11(12)17(18)19/h4-5,7,10,13-14,16H,3,6,8H2,1-2H3. The van der Waals surface area contributed by atoms with Crippen LogP contribution in [0.25, 0.3) is 0 Å². The van der Waals surface area contributed by atoms with Gasteiger partial charge in [0.05, 0.1) is 4.92 Å². The van der Waals surface area contributed by atoms with Gasteiger partial charge in [0.15, 0.2) is 5.75 Å². The summed E-state index contributed by atoms with van der Waals surface area (Å²) >= 11 is 0. The quantitative estimate of drug-likeness (QED) is 0.617. The van der Waals surface area contributed by atoms with Crippen molar-refractivity contribution >= 4 is 5.69 Å². The van der Waals surface area contributed by atoms with Crippen molar-refractivity contribution in [3.63, 3.8) is 0 Å². The van der Waals surface area contributed by atoms with E-state index in [0.717, 1.165) is 31.2 Å². The third-order valence-corrected chi connectivity index (χ3v) is 3.57. The molecule has 3 atom stereocenters. The number of nitrogens with zero attached hydrogens (tertiary/aromatic N) is 1. The molecule has 1 fully saturated rings. The van der Waals surface area contributed by atoms with E-state index in [0.29, 0.717) is 6.42 Å². The maximum Gasteiger partial charge on any atom is 0.311 e. The molecule has 1 aliphatic rings. The van der Waals surface area contributed by atoms with Crippen molar-refractivity contribution in [3.05, 3.63) is 34.1 Å². The predicted octanol–water partition coefficient (Wildman–Crippen LogP) is 2.27. The van der Waals surface area contributed by atoms with E-state index in [1.54, 1.807) is 7.11 Å². The monoisotopic (exact) mass is 298 g/mol. The highest BCUT2D eigenvalue weighted by Gasteiger charge is 2.43. The highest BCUT2D eigenvalue weighted by Crippen LogP contribution is 2.34. The van der Waals surface area contributed by atoms with Crippen LogP contribution in [-0.4, -0.2) is 36.8 Å². The van der Waals surface area contributed by atoms with Crippen LogP contribution in [0.1, 0.15) is 19.8 Å². The van der Waals surface area contributed by atoms with Gasteiger partial charge in [0, 0.05) is 31.7 Å². The van der Waals surface area contributed by atoms with Crippen LogP contribution in [0.2, 0.25) is 0 Å². The Morgan fingerprint density at radius 2 is 2.29 bits per heavy atom. The van der Waals surface area contributed by atoms with Gasteiger partial charge in [-0.15, -0.1) is 0 Å². The highest BCUT2D eigenvalue weighted by molar-refractivity contribution is 5.46. The first kappa shape index (κ1) is 15.7. The van der Waals surface area contributed by atoms with Gasteiger partial charge in [-0.1, -0.05) is 6.92 Å². The molecule has 7 heteroatoms. The molecular formula is C14H19FN2O4. The summed E-state index contributed by atoms with van der Waals surface area (Å²) in [4.78, 5) is 10.4. The Kier molecular flexibility index (Phi) is 5.08. The second-order valence-electron chi connectivity index (χ2n) is 5.02. The molecule has 6 nitrogen and oxygen atoms in total. The molecule has 0 aliphatic heterocycles. The second-order valence-corrected chi connectivity index (χ2v) is 5.02. The summed E-state index contributed by atoms with van der Waals surface area (Å²) in [5.74, 6) is -0.620. The zero-order chi connectivity index (χ0) is 15.4. The van der Waals surface area contributed by atoms with Gasteiger partial charge in [0.2, 0.25) is 0 Å². The Bertz CT molecular complexity index is 512. The topological polar surface area (TPSA) is 73.6 Å². The van der Waals surface area contributed by atoms with Gasteiger partial charge < -0.3 is 14.8 Å². The number of hydrogen-bond donors (Lipinski definition) is 1. The molecule has 0 amide bonds. The average Bonchev–Trinajstić information content (AvgIpc) is 2.42. The SMILES string of the molecule is CCCNC1CC(Oc2cc(F)ccc2[N+](=O)[O-])C1OC.